The largest absolute Gasteiger partial charge is 0.439 e. The van der Waals surface area contributed by atoms with E-state index >= 15 is 0 Å². The summed E-state index contributed by atoms with van der Waals surface area (Å²) in [7, 11) is 0. The monoisotopic (exact) mass is 502 g/mol. The molecule has 4 fully saturated rings. The fourth-order valence-corrected chi connectivity index (χ4v) is 4.47. The van der Waals surface area contributed by atoms with Crippen LogP contribution in [0.4, 0.5) is 61.5 Å². The third kappa shape index (κ3) is 1.73. The third-order valence-electron chi connectivity index (χ3n) is 6.77. The molecule has 4 rings (SSSR count). The summed E-state index contributed by atoms with van der Waals surface area (Å²) in [6.45, 7) is 2.39. The highest BCUT2D eigenvalue weighted by Crippen LogP contribution is 2.87. The molecule has 0 spiro atoms. The second kappa shape index (κ2) is 5.41. The van der Waals surface area contributed by atoms with Crippen molar-refractivity contribution in [3.8, 4) is 0 Å². The van der Waals surface area contributed by atoms with Gasteiger partial charge in [0.05, 0.1) is 5.41 Å². The van der Waals surface area contributed by atoms with Crippen LogP contribution in [0, 0.1) is 11.3 Å². The maximum absolute atomic E-state index is 14.9. The molecule has 2 nitrogen and oxygen atoms in total. The summed E-state index contributed by atoms with van der Waals surface area (Å²) >= 11 is 0. The average molecular weight is 502 g/mol. The average Bonchev–Trinajstić information content (AvgIpc) is 2.59. The Hall–Kier alpha value is -1.51. The maximum atomic E-state index is 14.9. The van der Waals surface area contributed by atoms with Crippen molar-refractivity contribution in [2.45, 2.75) is 79.7 Å². The fraction of sp³-hybridized carbons (Fsp3) is 0.938. The normalized spacial score (nSPS) is 43.7. The summed E-state index contributed by atoms with van der Waals surface area (Å²) in [4.78, 5) is 12.1. The number of halogens is 14. The SMILES string of the molecule is CCC(C)(C)C(=O)OC12C(F)(F)C3C(F)(F)C(F)(C(F)(F)C(F)(C3(F)F)C1(F)F)C2(F)F. The van der Waals surface area contributed by atoms with Crippen molar-refractivity contribution in [1.82, 2.24) is 0 Å². The van der Waals surface area contributed by atoms with Crippen LogP contribution >= 0.6 is 0 Å². The number of ether oxygens (including phenoxy) is 1. The van der Waals surface area contributed by atoms with E-state index in [2.05, 4.69) is 4.74 Å². The highest BCUT2D eigenvalue weighted by molar-refractivity contribution is 5.77. The lowest BCUT2D eigenvalue weighted by Gasteiger charge is -2.72. The van der Waals surface area contributed by atoms with Crippen LogP contribution in [0.1, 0.15) is 27.2 Å². The van der Waals surface area contributed by atoms with Crippen molar-refractivity contribution in [3.05, 3.63) is 0 Å². The van der Waals surface area contributed by atoms with Crippen LogP contribution in [0.3, 0.4) is 0 Å². The van der Waals surface area contributed by atoms with Gasteiger partial charge >= 0.3 is 58.4 Å². The summed E-state index contributed by atoms with van der Waals surface area (Å²) < 4.78 is 208. The molecule has 4 saturated carbocycles. The maximum Gasteiger partial charge on any atom is 0.344 e. The minimum atomic E-state index is -7.64. The first kappa shape index (κ1) is 25.1. The second-order valence-corrected chi connectivity index (χ2v) is 8.65. The van der Waals surface area contributed by atoms with Gasteiger partial charge < -0.3 is 4.74 Å². The van der Waals surface area contributed by atoms with Gasteiger partial charge in [0.15, 0.2) is 5.92 Å². The van der Waals surface area contributed by atoms with E-state index in [0.717, 1.165) is 6.92 Å². The van der Waals surface area contributed by atoms with Gasteiger partial charge in [0.2, 0.25) is 0 Å². The standard InChI is InChI=1S/C16H12F14O2/c1-4-7(2,3)6(31)32-13-10(21,22)5-8(17,18)11(23,15(13,27)28)14(25,26)12(24,9(5,19)20)16(13,29)30/h5H,4H2,1-3H3. The predicted molar refractivity (Wildman–Crippen MR) is 73.7 cm³/mol. The molecule has 186 valence electrons. The van der Waals surface area contributed by atoms with E-state index in [9.17, 15) is 66.3 Å². The molecule has 4 aliphatic rings. The van der Waals surface area contributed by atoms with Gasteiger partial charge in [0, 0.05) is 0 Å². The summed E-state index contributed by atoms with van der Waals surface area (Å²) in [6, 6.07) is 0. The molecule has 0 aromatic heterocycles. The Morgan fingerprint density at radius 2 is 1.03 bits per heavy atom. The molecule has 2 unspecified atom stereocenters. The van der Waals surface area contributed by atoms with E-state index in [1.54, 1.807) is 0 Å². The number of hydrogen-bond acceptors (Lipinski definition) is 2. The molecule has 0 radical (unpaired) electrons. The Bertz CT molecular complexity index is 836. The lowest BCUT2D eigenvalue weighted by Crippen LogP contribution is -3.06. The van der Waals surface area contributed by atoms with Crippen molar-refractivity contribution in [2.24, 2.45) is 11.3 Å². The van der Waals surface area contributed by atoms with Gasteiger partial charge in [-0.15, -0.1) is 0 Å². The summed E-state index contributed by atoms with van der Waals surface area (Å²) in [6.07, 6.45) is -0.585. The van der Waals surface area contributed by atoms with E-state index in [-0.39, 0.29) is 0 Å². The second-order valence-electron chi connectivity index (χ2n) is 8.65. The molecule has 0 saturated heterocycles. The number of hydrogen-bond donors (Lipinski definition) is 0. The van der Waals surface area contributed by atoms with Gasteiger partial charge in [-0.25, -0.2) is 35.1 Å². The van der Waals surface area contributed by atoms with E-state index in [1.807, 2.05) is 0 Å². The first-order valence-corrected chi connectivity index (χ1v) is 8.68. The Labute approximate surface area is 169 Å². The van der Waals surface area contributed by atoms with Crippen molar-refractivity contribution in [3.63, 3.8) is 0 Å². The Morgan fingerprint density at radius 1 is 0.688 bits per heavy atom. The first-order valence-electron chi connectivity index (χ1n) is 8.68. The van der Waals surface area contributed by atoms with Crippen molar-refractivity contribution < 1.29 is 71.0 Å². The van der Waals surface area contributed by atoms with E-state index < -0.39 is 76.2 Å². The van der Waals surface area contributed by atoms with Gasteiger partial charge in [-0.3, -0.25) is 4.79 Å². The quantitative estimate of drug-likeness (QED) is 0.372. The van der Waals surface area contributed by atoms with Gasteiger partial charge in [-0.1, -0.05) is 6.92 Å². The van der Waals surface area contributed by atoms with Crippen molar-refractivity contribution in [2.75, 3.05) is 0 Å². The van der Waals surface area contributed by atoms with Gasteiger partial charge in [0.25, 0.3) is 0 Å². The number of carbonyl (C=O) groups is 1. The molecule has 0 aromatic rings. The Balaban J connectivity index is 2.56. The van der Waals surface area contributed by atoms with Crippen molar-refractivity contribution >= 4 is 5.97 Å². The number of rotatable bonds is 3. The zero-order chi connectivity index (χ0) is 25.6. The Morgan fingerprint density at radius 3 is 1.34 bits per heavy atom. The number of carbonyl (C=O) groups excluding carboxylic acids is 1. The summed E-state index contributed by atoms with van der Waals surface area (Å²) in [5, 5.41) is 0. The van der Waals surface area contributed by atoms with Crippen molar-refractivity contribution in [1.29, 1.82) is 0 Å². The van der Waals surface area contributed by atoms with Crippen LogP contribution in [-0.2, 0) is 9.53 Å². The zero-order valence-electron chi connectivity index (χ0n) is 15.9. The molecular weight excluding hydrogens is 490 g/mol. The molecular formula is C16H12F14O2. The van der Waals surface area contributed by atoms with Gasteiger partial charge in [-0.2, -0.15) is 26.3 Å². The third-order valence-corrected chi connectivity index (χ3v) is 6.77. The highest BCUT2D eigenvalue weighted by atomic mass is 19.3. The molecule has 16 heteroatoms. The molecule has 0 aliphatic heterocycles. The highest BCUT2D eigenvalue weighted by Gasteiger charge is 3.19. The topological polar surface area (TPSA) is 26.3 Å². The smallest absolute Gasteiger partial charge is 0.344 e. The molecule has 0 amide bonds. The minimum Gasteiger partial charge on any atom is -0.439 e. The van der Waals surface area contributed by atoms with Crippen LogP contribution in [0.25, 0.3) is 0 Å². The molecule has 2 atom stereocenters. The Kier molecular flexibility index (Phi) is 4.25. The van der Waals surface area contributed by atoms with E-state index in [1.165, 1.54) is 0 Å². The number of esters is 1. The molecule has 0 heterocycles. The fourth-order valence-electron chi connectivity index (χ4n) is 4.47. The van der Waals surface area contributed by atoms with Crippen LogP contribution in [0.5, 0.6) is 0 Å². The molecule has 0 N–H and O–H groups in total. The molecule has 4 aliphatic carbocycles. The predicted octanol–water partition coefficient (Wildman–Crippen LogP) is 5.59. The lowest BCUT2D eigenvalue weighted by molar-refractivity contribution is -0.597. The summed E-state index contributed by atoms with van der Waals surface area (Å²) in [5.41, 5.74) is -23.8. The van der Waals surface area contributed by atoms with Gasteiger partial charge in [-0.05, 0) is 20.3 Å². The van der Waals surface area contributed by atoms with Crippen LogP contribution in [-0.4, -0.2) is 58.4 Å². The minimum absolute atomic E-state index is 0.585. The molecule has 4 bridgehead atoms. The van der Waals surface area contributed by atoms with Crippen LogP contribution < -0.4 is 0 Å². The van der Waals surface area contributed by atoms with Crippen LogP contribution in [0.2, 0.25) is 0 Å². The molecule has 0 aromatic carbocycles. The lowest BCUT2D eigenvalue weighted by atomic mass is 9.41. The first-order chi connectivity index (χ1) is 13.8. The zero-order valence-corrected chi connectivity index (χ0v) is 15.9. The number of alkyl halides is 14. The molecule has 32 heavy (non-hydrogen) atoms. The summed E-state index contributed by atoms with van der Waals surface area (Å²) in [5.74, 6) is -52.2. The van der Waals surface area contributed by atoms with Gasteiger partial charge in [0.1, 0.15) is 0 Å². The van der Waals surface area contributed by atoms with Crippen LogP contribution in [0.15, 0.2) is 0 Å². The van der Waals surface area contributed by atoms with E-state index in [0.29, 0.717) is 13.8 Å². The van der Waals surface area contributed by atoms with E-state index in [4.69, 9.17) is 0 Å².